The normalized spacial score (nSPS) is 10.4. The second-order valence-corrected chi connectivity index (χ2v) is 7.30. The number of para-hydroxylation sites is 2. The van der Waals surface area contributed by atoms with Crippen LogP contribution in [0.5, 0.6) is 5.75 Å². The van der Waals surface area contributed by atoms with Gasteiger partial charge in [0.25, 0.3) is 5.56 Å². The number of anilines is 1. The minimum absolute atomic E-state index is 0.0776. The van der Waals surface area contributed by atoms with E-state index in [9.17, 15) is 9.59 Å². The Morgan fingerprint density at radius 1 is 1.22 bits per heavy atom. The summed E-state index contributed by atoms with van der Waals surface area (Å²) < 4.78 is 7.70. The summed E-state index contributed by atoms with van der Waals surface area (Å²) in [5, 5.41) is 3.03. The Balaban J connectivity index is 1.73. The van der Waals surface area contributed by atoms with Crippen molar-refractivity contribution in [1.29, 1.82) is 0 Å². The van der Waals surface area contributed by atoms with Crippen LogP contribution in [0, 0.1) is 0 Å². The topological polar surface area (TPSA) is 73.2 Å². The molecule has 0 aliphatic rings. The van der Waals surface area contributed by atoms with Gasteiger partial charge in [0.2, 0.25) is 5.91 Å². The molecule has 0 unspecified atom stereocenters. The van der Waals surface area contributed by atoms with Crippen LogP contribution >= 0.6 is 27.7 Å². The third-order valence-electron chi connectivity index (χ3n) is 3.62. The number of amides is 1. The van der Waals surface area contributed by atoms with Gasteiger partial charge in [-0.25, -0.2) is 4.98 Å². The zero-order valence-electron chi connectivity index (χ0n) is 14.4. The smallest absolute Gasteiger partial charge is 0.287 e. The van der Waals surface area contributed by atoms with E-state index in [2.05, 4.69) is 26.2 Å². The molecule has 6 nitrogen and oxygen atoms in total. The van der Waals surface area contributed by atoms with Gasteiger partial charge in [0, 0.05) is 22.6 Å². The maximum Gasteiger partial charge on any atom is 0.287 e. The van der Waals surface area contributed by atoms with Crippen molar-refractivity contribution < 1.29 is 9.53 Å². The van der Waals surface area contributed by atoms with E-state index in [1.165, 1.54) is 10.8 Å². The van der Waals surface area contributed by atoms with Gasteiger partial charge in [-0.1, -0.05) is 39.8 Å². The van der Waals surface area contributed by atoms with Gasteiger partial charge in [0.1, 0.15) is 5.75 Å². The van der Waals surface area contributed by atoms with E-state index in [1.807, 2.05) is 24.3 Å². The van der Waals surface area contributed by atoms with Crippen molar-refractivity contribution in [2.75, 3.05) is 18.2 Å². The van der Waals surface area contributed by atoms with E-state index < -0.39 is 0 Å². The number of nitrogens with one attached hydrogen (secondary N) is 1. The number of benzene rings is 2. The van der Waals surface area contributed by atoms with Crippen LogP contribution in [0.1, 0.15) is 0 Å². The molecular formula is C19H16BrN3O3S. The number of hydrogen-bond acceptors (Lipinski definition) is 5. The van der Waals surface area contributed by atoms with E-state index in [1.54, 1.807) is 37.6 Å². The molecule has 0 atom stereocenters. The number of carbonyl (C=O) groups excluding carboxylic acids is 1. The first-order valence-corrected chi connectivity index (χ1v) is 9.75. The van der Waals surface area contributed by atoms with Gasteiger partial charge in [0.15, 0.2) is 5.03 Å². The van der Waals surface area contributed by atoms with Crippen molar-refractivity contribution in [1.82, 2.24) is 9.55 Å². The molecule has 0 saturated carbocycles. The van der Waals surface area contributed by atoms with Crippen molar-refractivity contribution in [2.45, 2.75) is 5.03 Å². The summed E-state index contributed by atoms with van der Waals surface area (Å²) >= 11 is 4.44. The van der Waals surface area contributed by atoms with Gasteiger partial charge < -0.3 is 10.1 Å². The summed E-state index contributed by atoms with van der Waals surface area (Å²) in [5.74, 6) is 0.444. The Labute approximate surface area is 168 Å². The Kier molecular flexibility index (Phi) is 6.31. The van der Waals surface area contributed by atoms with E-state index in [4.69, 9.17) is 4.74 Å². The molecule has 0 saturated heterocycles. The van der Waals surface area contributed by atoms with Crippen molar-refractivity contribution >= 4 is 39.3 Å². The number of methoxy groups -OCH3 is 1. The van der Waals surface area contributed by atoms with Crippen molar-refractivity contribution in [3.05, 3.63) is 75.8 Å². The quantitative estimate of drug-likeness (QED) is 0.585. The summed E-state index contributed by atoms with van der Waals surface area (Å²) in [6.07, 6.45) is 3.11. The number of halogens is 1. The van der Waals surface area contributed by atoms with Gasteiger partial charge in [0.05, 0.1) is 18.6 Å². The summed E-state index contributed by atoms with van der Waals surface area (Å²) in [4.78, 5) is 29.0. The summed E-state index contributed by atoms with van der Waals surface area (Å²) in [6.45, 7) is 0. The molecule has 0 aliphatic carbocycles. The monoisotopic (exact) mass is 445 g/mol. The lowest BCUT2D eigenvalue weighted by molar-refractivity contribution is -0.113. The number of nitrogens with zero attached hydrogens (tertiary/aromatic N) is 2. The van der Waals surface area contributed by atoms with Gasteiger partial charge >= 0.3 is 0 Å². The van der Waals surface area contributed by atoms with Crippen LogP contribution in [-0.2, 0) is 4.79 Å². The molecule has 8 heteroatoms. The maximum atomic E-state index is 12.7. The highest BCUT2D eigenvalue weighted by atomic mass is 79.9. The third kappa shape index (κ3) is 4.78. The summed E-state index contributed by atoms with van der Waals surface area (Å²) in [5.41, 5.74) is 1.01. The van der Waals surface area contributed by atoms with Crippen LogP contribution in [0.2, 0.25) is 0 Å². The Morgan fingerprint density at radius 2 is 1.96 bits per heavy atom. The fraction of sp³-hybridized carbons (Fsp3) is 0.105. The lowest BCUT2D eigenvalue weighted by Crippen LogP contribution is -2.22. The molecule has 3 aromatic rings. The highest BCUT2D eigenvalue weighted by Gasteiger charge is 2.12. The average Bonchev–Trinajstić information content (AvgIpc) is 2.69. The minimum atomic E-state index is -0.302. The largest absolute Gasteiger partial charge is 0.495 e. The number of carbonyl (C=O) groups is 1. The van der Waals surface area contributed by atoms with Crippen molar-refractivity contribution in [3.63, 3.8) is 0 Å². The highest BCUT2D eigenvalue weighted by molar-refractivity contribution is 9.10. The molecule has 0 bridgehead atoms. The molecule has 1 N–H and O–H groups in total. The van der Waals surface area contributed by atoms with Crippen molar-refractivity contribution in [2.24, 2.45) is 0 Å². The SMILES string of the molecule is COc1ccccc1-n1ccnc(SCC(=O)Nc2ccc(Br)cc2)c1=O. The minimum Gasteiger partial charge on any atom is -0.495 e. The standard InChI is InChI=1S/C19H16BrN3O3S/c1-26-16-5-3-2-4-15(16)23-11-10-21-18(19(23)25)27-12-17(24)22-14-8-6-13(20)7-9-14/h2-11H,12H2,1H3,(H,22,24). The number of hydrogen-bond donors (Lipinski definition) is 1. The molecule has 0 spiro atoms. The lowest BCUT2D eigenvalue weighted by Gasteiger charge is -2.11. The third-order valence-corrected chi connectivity index (χ3v) is 5.11. The summed E-state index contributed by atoms with van der Waals surface area (Å²) in [6, 6.07) is 14.5. The molecule has 1 amide bonds. The molecule has 2 aromatic carbocycles. The van der Waals surface area contributed by atoms with Gasteiger partial charge in [-0.3, -0.25) is 14.2 Å². The second-order valence-electron chi connectivity index (χ2n) is 5.42. The van der Waals surface area contributed by atoms with Gasteiger partial charge in [-0.15, -0.1) is 0 Å². The molecule has 138 valence electrons. The number of ether oxygens (including phenoxy) is 1. The molecular weight excluding hydrogens is 430 g/mol. The molecule has 1 aromatic heterocycles. The Morgan fingerprint density at radius 3 is 2.70 bits per heavy atom. The Bertz CT molecular complexity index is 1010. The fourth-order valence-electron chi connectivity index (χ4n) is 2.38. The molecule has 0 fully saturated rings. The summed E-state index contributed by atoms with van der Waals surface area (Å²) in [7, 11) is 1.55. The zero-order valence-corrected chi connectivity index (χ0v) is 16.8. The first-order chi connectivity index (χ1) is 13.1. The van der Waals surface area contributed by atoms with E-state index in [0.29, 0.717) is 17.1 Å². The van der Waals surface area contributed by atoms with Crippen LogP contribution < -0.4 is 15.6 Å². The van der Waals surface area contributed by atoms with Gasteiger partial charge in [-0.05, 0) is 36.4 Å². The average molecular weight is 446 g/mol. The number of thioether (sulfide) groups is 1. The number of aromatic nitrogens is 2. The van der Waals surface area contributed by atoms with Crippen LogP contribution in [0.4, 0.5) is 5.69 Å². The van der Waals surface area contributed by atoms with E-state index in [-0.39, 0.29) is 22.2 Å². The molecule has 1 heterocycles. The molecule has 27 heavy (non-hydrogen) atoms. The van der Waals surface area contributed by atoms with Crippen LogP contribution in [0.3, 0.4) is 0 Å². The zero-order chi connectivity index (χ0) is 19.2. The molecule has 3 rings (SSSR count). The second kappa shape index (κ2) is 8.88. The maximum absolute atomic E-state index is 12.7. The van der Waals surface area contributed by atoms with Crippen LogP contribution in [0.15, 0.2) is 75.2 Å². The van der Waals surface area contributed by atoms with Gasteiger partial charge in [-0.2, -0.15) is 0 Å². The van der Waals surface area contributed by atoms with Crippen molar-refractivity contribution in [3.8, 4) is 11.4 Å². The molecule has 0 radical (unpaired) electrons. The molecule has 0 aliphatic heterocycles. The lowest BCUT2D eigenvalue weighted by atomic mass is 10.3. The number of rotatable bonds is 6. The van der Waals surface area contributed by atoms with Crippen LogP contribution in [0.25, 0.3) is 5.69 Å². The van der Waals surface area contributed by atoms with Crippen LogP contribution in [-0.4, -0.2) is 28.3 Å². The van der Waals surface area contributed by atoms with E-state index in [0.717, 1.165) is 16.2 Å². The highest BCUT2D eigenvalue weighted by Crippen LogP contribution is 2.21. The predicted octanol–water partition coefficient (Wildman–Crippen LogP) is 3.73. The Hall–Kier alpha value is -2.58. The first kappa shape index (κ1) is 19.2. The first-order valence-electron chi connectivity index (χ1n) is 7.98. The predicted molar refractivity (Wildman–Crippen MR) is 110 cm³/mol. The van der Waals surface area contributed by atoms with E-state index >= 15 is 0 Å². The fourth-order valence-corrected chi connectivity index (χ4v) is 3.34.